The van der Waals surface area contributed by atoms with Crippen molar-refractivity contribution in [1.29, 1.82) is 0 Å². The van der Waals surface area contributed by atoms with E-state index in [1.165, 1.54) is 0 Å². The van der Waals surface area contributed by atoms with E-state index in [-0.39, 0.29) is 17.4 Å². The van der Waals surface area contributed by atoms with E-state index >= 15 is 0 Å². The molecule has 0 aromatic heterocycles. The first kappa shape index (κ1) is 15.2. The van der Waals surface area contributed by atoms with Gasteiger partial charge in [-0.05, 0) is 11.8 Å². The molecule has 4 heteroatoms. The van der Waals surface area contributed by atoms with Gasteiger partial charge in [0.2, 0.25) is 0 Å². The van der Waals surface area contributed by atoms with Crippen LogP contribution in [0.1, 0.15) is 27.7 Å². The first-order valence-electron chi connectivity index (χ1n) is 4.18. The van der Waals surface area contributed by atoms with Crippen LogP contribution in [-0.2, 0) is 9.09 Å². The van der Waals surface area contributed by atoms with E-state index in [4.69, 9.17) is 4.52 Å². The molecule has 0 saturated carbocycles. The molecule has 2 nitrogen and oxygen atoms in total. The highest BCUT2D eigenvalue weighted by Gasteiger charge is 2.03. The Kier molecular flexibility index (Phi) is 10.6. The quantitative estimate of drug-likeness (QED) is 0.506. The highest BCUT2D eigenvalue weighted by atomic mass is 31.1. The minimum Gasteiger partial charge on any atom is -0.330 e. The summed E-state index contributed by atoms with van der Waals surface area (Å²) in [4.78, 5) is 0. The zero-order valence-corrected chi connectivity index (χ0v) is 8.89. The van der Waals surface area contributed by atoms with Crippen molar-refractivity contribution in [3.05, 3.63) is 0 Å². The molecule has 0 radical (unpaired) electrons. The van der Waals surface area contributed by atoms with Crippen LogP contribution in [0.5, 0.6) is 0 Å². The van der Waals surface area contributed by atoms with Crippen molar-refractivity contribution >= 4 is 25.4 Å². The van der Waals surface area contributed by atoms with Crippen LogP contribution in [0.4, 0.5) is 0 Å². The Balaban J connectivity index is 0. The molecule has 0 heterocycles. The molecule has 0 aromatic rings. The largest absolute Gasteiger partial charge is 0.330 e. The first-order chi connectivity index (χ1) is 5.02. The van der Waals surface area contributed by atoms with Crippen molar-refractivity contribution in [2.45, 2.75) is 27.7 Å². The van der Waals surface area contributed by atoms with Gasteiger partial charge in [0.25, 0.3) is 0 Å². The molecule has 0 spiro atoms. The van der Waals surface area contributed by atoms with Crippen molar-refractivity contribution < 1.29 is 9.09 Å². The summed E-state index contributed by atoms with van der Waals surface area (Å²) in [6.07, 6.45) is 0.720. The van der Waals surface area contributed by atoms with Crippen LogP contribution in [0.15, 0.2) is 0 Å². The zero-order valence-electron chi connectivity index (χ0n) is 7.89. The minimum absolute atomic E-state index is 0. The van der Waals surface area contributed by atoms with Gasteiger partial charge in [0.1, 0.15) is 0 Å². The summed E-state index contributed by atoms with van der Waals surface area (Å²) in [6, 6.07) is 0. The van der Waals surface area contributed by atoms with E-state index < -0.39 is 8.03 Å². The summed E-state index contributed by atoms with van der Waals surface area (Å²) in [7, 11) is -1.73. The molecule has 0 aliphatic rings. The molecule has 0 rings (SSSR count). The van der Waals surface area contributed by atoms with Gasteiger partial charge in [-0.2, -0.15) is 0 Å². The number of hydrogen-bond acceptors (Lipinski definition) is 2. The lowest BCUT2D eigenvalue weighted by Gasteiger charge is -2.07. The lowest BCUT2D eigenvalue weighted by Crippen LogP contribution is -1.99. The summed E-state index contributed by atoms with van der Waals surface area (Å²) < 4.78 is 16.3. The molecule has 0 amide bonds. The minimum atomic E-state index is -1.73. The molecular formula is C8H22AlO2P. The van der Waals surface area contributed by atoms with Crippen LogP contribution in [0.25, 0.3) is 0 Å². The molecule has 1 unspecified atom stereocenters. The molecule has 1 atom stereocenters. The van der Waals surface area contributed by atoms with E-state index in [0.717, 1.165) is 6.16 Å². The second-order valence-corrected chi connectivity index (χ2v) is 5.12. The van der Waals surface area contributed by atoms with E-state index in [0.29, 0.717) is 18.4 Å². The summed E-state index contributed by atoms with van der Waals surface area (Å²) in [6.45, 7) is 8.86. The molecule has 0 bridgehead atoms. The summed E-state index contributed by atoms with van der Waals surface area (Å²) in [5.41, 5.74) is 0. The fraction of sp³-hybridized carbons (Fsp3) is 1.00. The topological polar surface area (TPSA) is 26.3 Å². The Morgan fingerprint density at radius 2 is 1.67 bits per heavy atom. The van der Waals surface area contributed by atoms with Gasteiger partial charge in [-0.25, -0.2) is 0 Å². The lowest BCUT2D eigenvalue weighted by atomic mass is 10.2. The van der Waals surface area contributed by atoms with E-state index in [9.17, 15) is 4.57 Å². The summed E-state index contributed by atoms with van der Waals surface area (Å²) in [5.74, 6) is 0.963. The molecule has 0 aliphatic carbocycles. The van der Waals surface area contributed by atoms with Crippen molar-refractivity contribution in [3.63, 3.8) is 0 Å². The van der Waals surface area contributed by atoms with Crippen LogP contribution >= 0.6 is 8.03 Å². The van der Waals surface area contributed by atoms with Crippen molar-refractivity contribution in [3.8, 4) is 0 Å². The van der Waals surface area contributed by atoms with Gasteiger partial charge in [0.15, 0.2) is 25.4 Å². The van der Waals surface area contributed by atoms with Gasteiger partial charge in [-0.1, -0.05) is 27.7 Å². The Morgan fingerprint density at radius 1 is 1.17 bits per heavy atom. The van der Waals surface area contributed by atoms with E-state index in [2.05, 4.69) is 27.7 Å². The van der Waals surface area contributed by atoms with Crippen LogP contribution < -0.4 is 0 Å². The smallest absolute Gasteiger partial charge is 0.191 e. The van der Waals surface area contributed by atoms with Crippen LogP contribution in [0, 0.1) is 11.8 Å². The highest BCUT2D eigenvalue weighted by Crippen LogP contribution is 2.25. The third-order valence-electron chi connectivity index (χ3n) is 1.15. The summed E-state index contributed by atoms with van der Waals surface area (Å²) >= 11 is 0. The average Bonchev–Trinajstić information content (AvgIpc) is 1.82. The van der Waals surface area contributed by atoms with E-state index in [1.807, 2.05) is 0 Å². The Labute approximate surface area is 87.1 Å². The maximum atomic E-state index is 11.1. The van der Waals surface area contributed by atoms with Crippen molar-refractivity contribution in [1.82, 2.24) is 0 Å². The van der Waals surface area contributed by atoms with Crippen LogP contribution in [-0.4, -0.2) is 30.1 Å². The lowest BCUT2D eigenvalue weighted by molar-refractivity contribution is 0.281. The Bertz CT molecular complexity index is 126. The number of rotatable bonds is 5. The predicted molar refractivity (Wildman–Crippen MR) is 59.4 cm³/mol. The molecule has 74 valence electrons. The van der Waals surface area contributed by atoms with Gasteiger partial charge >= 0.3 is 0 Å². The van der Waals surface area contributed by atoms with Gasteiger partial charge in [0.05, 0.1) is 6.61 Å². The number of hydrogen-bond donors (Lipinski definition) is 0. The van der Waals surface area contributed by atoms with Gasteiger partial charge in [-0.15, -0.1) is 0 Å². The van der Waals surface area contributed by atoms with Crippen LogP contribution in [0.3, 0.4) is 0 Å². The van der Waals surface area contributed by atoms with Gasteiger partial charge < -0.3 is 4.52 Å². The fourth-order valence-electron chi connectivity index (χ4n) is 0.652. The third kappa shape index (κ3) is 10.7. The van der Waals surface area contributed by atoms with Gasteiger partial charge in [-0.3, -0.25) is 4.57 Å². The molecule has 0 fully saturated rings. The molecule has 0 N–H and O–H groups in total. The van der Waals surface area contributed by atoms with Crippen molar-refractivity contribution in [2.75, 3.05) is 12.8 Å². The summed E-state index contributed by atoms with van der Waals surface area (Å²) in [5, 5.41) is 0. The molecular weight excluding hydrogens is 186 g/mol. The normalized spacial score (nSPS) is 13.2. The molecule has 0 aliphatic heterocycles. The Hall–Kier alpha value is 0.722. The maximum Gasteiger partial charge on any atom is 0.191 e. The van der Waals surface area contributed by atoms with Gasteiger partial charge in [0, 0.05) is 6.16 Å². The second kappa shape index (κ2) is 8.33. The second-order valence-electron chi connectivity index (χ2n) is 3.67. The zero-order chi connectivity index (χ0) is 8.85. The fourth-order valence-corrected chi connectivity index (χ4v) is 1.96. The molecule has 12 heavy (non-hydrogen) atoms. The molecule has 0 aromatic carbocycles. The predicted octanol–water partition coefficient (Wildman–Crippen LogP) is 1.61. The Morgan fingerprint density at radius 3 is 2.00 bits per heavy atom. The highest BCUT2D eigenvalue weighted by molar-refractivity contribution is 7.39. The standard InChI is InChI=1S/C8H19O2P.Al.3H/c1-7(2)5-10-11(9)6-8(3)4;;;;/h7-8,11H,5-6H2,1-4H3;;;;. The third-order valence-corrected chi connectivity index (χ3v) is 2.79. The maximum absolute atomic E-state index is 11.1. The molecule has 0 saturated heterocycles. The van der Waals surface area contributed by atoms with Crippen molar-refractivity contribution in [2.24, 2.45) is 11.8 Å². The SMILES string of the molecule is CC(C)CO[PH](=O)CC(C)C.[AlH3]. The monoisotopic (exact) mass is 208 g/mol. The average molecular weight is 208 g/mol. The first-order valence-corrected chi connectivity index (χ1v) is 5.70. The van der Waals surface area contributed by atoms with Crippen LogP contribution in [0.2, 0.25) is 0 Å². The van der Waals surface area contributed by atoms with E-state index in [1.54, 1.807) is 0 Å².